The molecular weight excluding hydrogens is 361 g/mol. The number of carbonyl (C=O) groups excluding carboxylic acids is 2. The van der Waals surface area contributed by atoms with Crippen LogP contribution in [0.5, 0.6) is 0 Å². The number of unbranched alkanes of at least 4 members (excludes halogenated alkanes) is 3. The van der Waals surface area contributed by atoms with Gasteiger partial charge in [0, 0.05) is 0 Å². The van der Waals surface area contributed by atoms with Gasteiger partial charge in [-0.05, 0) is 31.0 Å². The number of benzene rings is 1. The fourth-order valence-electron chi connectivity index (χ4n) is 3.19. The van der Waals surface area contributed by atoms with Crippen molar-refractivity contribution in [2.24, 2.45) is 0 Å². The fourth-order valence-corrected chi connectivity index (χ4v) is 3.19. The minimum Gasteiger partial charge on any atom is -0.387 e. The van der Waals surface area contributed by atoms with Crippen molar-refractivity contribution in [1.82, 2.24) is 10.2 Å². The molecule has 0 bridgehead atoms. The molecule has 0 saturated carbocycles. The Labute approximate surface area is 156 Å². The summed E-state index contributed by atoms with van der Waals surface area (Å²) in [6.45, 7) is 3.31. The average Bonchev–Trinajstić information content (AvgIpc) is 2.81. The number of amides is 3. The number of alkyl halides is 3. The first-order valence-corrected chi connectivity index (χ1v) is 9.08. The van der Waals surface area contributed by atoms with Crippen LogP contribution < -0.4 is 5.32 Å². The fraction of sp³-hybridized carbons (Fsp3) is 0.579. The Morgan fingerprint density at radius 3 is 2.56 bits per heavy atom. The zero-order chi connectivity index (χ0) is 20.2. The standard InChI is InChI=1S/C19H25F3N2O3/c1-3-4-5-6-10-18(2)16(26)24(17(27)23-18)12-15(25)13-8-7-9-14(11-13)19(20,21)22/h7-9,11,15,25H,3-6,10,12H2,1-2H3,(H,23,27). The average molecular weight is 386 g/mol. The number of hydrogen-bond acceptors (Lipinski definition) is 3. The number of urea groups is 1. The van der Waals surface area contributed by atoms with Crippen molar-refractivity contribution in [3.8, 4) is 0 Å². The smallest absolute Gasteiger partial charge is 0.387 e. The molecule has 1 aliphatic rings. The highest BCUT2D eigenvalue weighted by Crippen LogP contribution is 2.31. The quantitative estimate of drug-likeness (QED) is 0.524. The van der Waals surface area contributed by atoms with Crippen LogP contribution in [0.1, 0.15) is 63.2 Å². The number of nitrogens with one attached hydrogen (secondary N) is 1. The molecule has 8 heteroatoms. The van der Waals surface area contributed by atoms with E-state index in [1.54, 1.807) is 6.92 Å². The molecule has 0 aromatic heterocycles. The van der Waals surface area contributed by atoms with E-state index in [2.05, 4.69) is 12.2 Å². The zero-order valence-electron chi connectivity index (χ0n) is 15.5. The van der Waals surface area contributed by atoms with Gasteiger partial charge in [-0.1, -0.05) is 44.7 Å². The van der Waals surface area contributed by atoms with Gasteiger partial charge in [0.25, 0.3) is 5.91 Å². The highest BCUT2D eigenvalue weighted by Gasteiger charge is 2.47. The number of halogens is 3. The maximum Gasteiger partial charge on any atom is 0.416 e. The summed E-state index contributed by atoms with van der Waals surface area (Å²) >= 11 is 0. The summed E-state index contributed by atoms with van der Waals surface area (Å²) in [7, 11) is 0. The lowest BCUT2D eigenvalue weighted by molar-refractivity contribution is -0.138. The van der Waals surface area contributed by atoms with E-state index in [-0.39, 0.29) is 5.56 Å². The molecule has 1 aromatic carbocycles. The number of nitrogens with zero attached hydrogens (tertiary/aromatic N) is 1. The maximum atomic E-state index is 12.8. The van der Waals surface area contributed by atoms with Gasteiger partial charge >= 0.3 is 12.2 Å². The van der Waals surface area contributed by atoms with E-state index < -0.39 is 41.9 Å². The van der Waals surface area contributed by atoms with Gasteiger partial charge in [0.15, 0.2) is 0 Å². The Bertz CT molecular complexity index is 693. The molecule has 2 rings (SSSR count). The third-order valence-electron chi connectivity index (χ3n) is 4.83. The second-order valence-electron chi connectivity index (χ2n) is 7.13. The van der Waals surface area contributed by atoms with Crippen molar-refractivity contribution in [1.29, 1.82) is 0 Å². The summed E-state index contributed by atoms with van der Waals surface area (Å²) in [5.41, 5.74) is -1.93. The zero-order valence-corrected chi connectivity index (χ0v) is 15.5. The van der Waals surface area contributed by atoms with Crippen LogP contribution in [0, 0.1) is 0 Å². The van der Waals surface area contributed by atoms with Crippen molar-refractivity contribution in [3.05, 3.63) is 35.4 Å². The Morgan fingerprint density at radius 2 is 1.93 bits per heavy atom. The van der Waals surface area contributed by atoms with Crippen LogP contribution in [-0.4, -0.2) is 34.0 Å². The number of rotatable bonds is 8. The normalized spacial score (nSPS) is 21.5. The second-order valence-corrected chi connectivity index (χ2v) is 7.13. The van der Waals surface area contributed by atoms with Crippen LogP contribution in [0.25, 0.3) is 0 Å². The molecule has 1 saturated heterocycles. The summed E-state index contributed by atoms with van der Waals surface area (Å²) in [6, 6.07) is 3.61. The van der Waals surface area contributed by atoms with Gasteiger partial charge in [0.2, 0.25) is 0 Å². The van der Waals surface area contributed by atoms with Crippen molar-refractivity contribution in [2.45, 2.75) is 63.8 Å². The summed E-state index contributed by atoms with van der Waals surface area (Å²) in [6.07, 6.45) is -1.64. The predicted octanol–water partition coefficient (Wildman–Crippen LogP) is 4.02. The van der Waals surface area contributed by atoms with Crippen LogP contribution in [0.3, 0.4) is 0 Å². The molecule has 27 heavy (non-hydrogen) atoms. The molecule has 1 fully saturated rings. The van der Waals surface area contributed by atoms with Gasteiger partial charge < -0.3 is 10.4 Å². The number of imide groups is 1. The predicted molar refractivity (Wildman–Crippen MR) is 93.8 cm³/mol. The largest absolute Gasteiger partial charge is 0.416 e. The number of hydrogen-bond donors (Lipinski definition) is 2. The molecule has 0 spiro atoms. The lowest BCUT2D eigenvalue weighted by Crippen LogP contribution is -2.44. The maximum absolute atomic E-state index is 12.8. The Morgan fingerprint density at radius 1 is 1.22 bits per heavy atom. The van der Waals surface area contributed by atoms with Crippen LogP contribution in [-0.2, 0) is 11.0 Å². The minimum absolute atomic E-state index is 0.00183. The first-order valence-electron chi connectivity index (χ1n) is 9.08. The first-order chi connectivity index (χ1) is 12.6. The van der Waals surface area contributed by atoms with Gasteiger partial charge in [0.1, 0.15) is 5.54 Å². The highest BCUT2D eigenvalue weighted by molar-refractivity contribution is 6.06. The molecule has 1 aliphatic heterocycles. The van der Waals surface area contributed by atoms with E-state index in [1.807, 2.05) is 0 Å². The Hall–Kier alpha value is -2.09. The number of β-amino-alcohol motifs (C(OH)–C–C–N with tert-alkyl or cyclic N) is 1. The van der Waals surface area contributed by atoms with Crippen LogP contribution in [0.2, 0.25) is 0 Å². The van der Waals surface area contributed by atoms with Crippen LogP contribution in [0.4, 0.5) is 18.0 Å². The SMILES string of the molecule is CCCCCCC1(C)NC(=O)N(CC(O)c2cccc(C(F)(F)F)c2)C1=O. The van der Waals surface area contributed by atoms with Gasteiger partial charge in [-0.3, -0.25) is 9.69 Å². The molecule has 2 unspecified atom stereocenters. The molecule has 1 aromatic rings. The molecule has 2 N–H and O–H groups in total. The molecule has 150 valence electrons. The van der Waals surface area contributed by atoms with Crippen LogP contribution in [0.15, 0.2) is 24.3 Å². The van der Waals surface area contributed by atoms with E-state index in [0.29, 0.717) is 6.42 Å². The van der Waals surface area contributed by atoms with Crippen molar-refractivity contribution >= 4 is 11.9 Å². The van der Waals surface area contributed by atoms with E-state index in [4.69, 9.17) is 0 Å². The number of carbonyl (C=O) groups is 2. The van der Waals surface area contributed by atoms with E-state index in [9.17, 15) is 27.9 Å². The van der Waals surface area contributed by atoms with Crippen LogP contribution >= 0.6 is 0 Å². The minimum atomic E-state index is -4.53. The van der Waals surface area contributed by atoms with Gasteiger partial charge in [-0.25, -0.2) is 4.79 Å². The summed E-state index contributed by atoms with van der Waals surface area (Å²) in [4.78, 5) is 25.7. The molecule has 0 radical (unpaired) electrons. The molecule has 2 atom stereocenters. The van der Waals surface area contributed by atoms with Gasteiger partial charge in [0.05, 0.1) is 18.2 Å². The third kappa shape index (κ3) is 5.00. The third-order valence-corrected chi connectivity index (χ3v) is 4.83. The molecule has 1 heterocycles. The highest BCUT2D eigenvalue weighted by atomic mass is 19.4. The Kier molecular flexibility index (Phi) is 6.51. The van der Waals surface area contributed by atoms with Crippen molar-refractivity contribution in [3.63, 3.8) is 0 Å². The van der Waals surface area contributed by atoms with Gasteiger partial charge in [-0.2, -0.15) is 13.2 Å². The van der Waals surface area contributed by atoms with E-state index >= 15 is 0 Å². The van der Waals surface area contributed by atoms with Crippen molar-refractivity contribution in [2.75, 3.05) is 6.54 Å². The topological polar surface area (TPSA) is 69.6 Å². The van der Waals surface area contributed by atoms with E-state index in [0.717, 1.165) is 42.7 Å². The van der Waals surface area contributed by atoms with Crippen molar-refractivity contribution < 1.29 is 27.9 Å². The summed E-state index contributed by atoms with van der Waals surface area (Å²) < 4.78 is 38.5. The molecule has 0 aliphatic carbocycles. The monoisotopic (exact) mass is 386 g/mol. The Balaban J connectivity index is 2.06. The molecular formula is C19H25F3N2O3. The number of aliphatic hydroxyl groups excluding tert-OH is 1. The van der Waals surface area contributed by atoms with Gasteiger partial charge in [-0.15, -0.1) is 0 Å². The molecule has 5 nitrogen and oxygen atoms in total. The lowest BCUT2D eigenvalue weighted by Gasteiger charge is -2.23. The van der Waals surface area contributed by atoms with E-state index in [1.165, 1.54) is 12.1 Å². The lowest BCUT2D eigenvalue weighted by atomic mass is 9.94. The number of aliphatic hydroxyl groups is 1. The summed E-state index contributed by atoms with van der Waals surface area (Å²) in [5, 5.41) is 12.9. The summed E-state index contributed by atoms with van der Waals surface area (Å²) in [5.74, 6) is -0.463. The first kappa shape index (κ1) is 21.2. The molecule has 3 amide bonds. The second kappa shape index (κ2) is 8.29.